The Labute approximate surface area is 217 Å². The van der Waals surface area contributed by atoms with Gasteiger partial charge in [-0.2, -0.15) is 0 Å². The minimum Gasteiger partial charge on any atom is -0.427 e. The highest BCUT2D eigenvalue weighted by atomic mass is 32.2. The van der Waals surface area contributed by atoms with Gasteiger partial charge in [0.25, 0.3) is 6.17 Å². The zero-order valence-corrected chi connectivity index (χ0v) is 21.8. The molecule has 0 bridgehead atoms. The van der Waals surface area contributed by atoms with Crippen molar-refractivity contribution in [3.05, 3.63) is 58.4 Å². The monoisotopic (exact) mass is 523 g/mol. The summed E-state index contributed by atoms with van der Waals surface area (Å²) >= 11 is 1.41. The molecular formula is C26H27N4O6S+. The van der Waals surface area contributed by atoms with E-state index >= 15 is 0 Å². The number of fused-ring (bicyclic) bond motifs is 3. The first-order chi connectivity index (χ1) is 17.7. The fourth-order valence-electron chi connectivity index (χ4n) is 4.17. The van der Waals surface area contributed by atoms with Crippen LogP contribution >= 0.6 is 11.8 Å². The summed E-state index contributed by atoms with van der Waals surface area (Å²) in [6.07, 6.45) is 0.969. The molecule has 2 aromatic carbocycles. The highest BCUT2D eigenvalue weighted by molar-refractivity contribution is 7.99. The van der Waals surface area contributed by atoms with E-state index < -0.39 is 18.1 Å². The number of nitrogens with one attached hydrogen (secondary N) is 1. The molecule has 11 heteroatoms. The number of anilines is 1. The van der Waals surface area contributed by atoms with E-state index in [0.717, 1.165) is 18.6 Å². The van der Waals surface area contributed by atoms with Gasteiger partial charge < -0.3 is 9.47 Å². The van der Waals surface area contributed by atoms with Crippen molar-refractivity contribution in [1.82, 2.24) is 10.1 Å². The molecule has 1 aromatic heterocycles. The fraction of sp³-hybridized carbons (Fsp3) is 0.308. The van der Waals surface area contributed by atoms with E-state index in [4.69, 9.17) is 14.6 Å². The molecule has 0 saturated heterocycles. The van der Waals surface area contributed by atoms with E-state index in [1.54, 1.807) is 30.3 Å². The van der Waals surface area contributed by atoms with Gasteiger partial charge in [-0.3, -0.25) is 24.2 Å². The molecule has 1 N–H and O–H groups in total. The van der Waals surface area contributed by atoms with Gasteiger partial charge in [0.1, 0.15) is 11.5 Å². The molecule has 1 amide bonds. The molecule has 1 atom stereocenters. The van der Waals surface area contributed by atoms with E-state index in [-0.39, 0.29) is 28.7 Å². The van der Waals surface area contributed by atoms with E-state index in [2.05, 4.69) is 11.9 Å². The number of hydrogen-bond acceptors (Lipinski definition) is 8. The molecule has 0 radical (unpaired) electrons. The van der Waals surface area contributed by atoms with Crippen LogP contribution in [0.15, 0.2) is 52.4 Å². The number of carbonyl (C=O) groups excluding carboxylic acids is 3. The lowest BCUT2D eigenvalue weighted by atomic mass is 10.0. The normalized spacial score (nSPS) is 13.9. The van der Waals surface area contributed by atoms with Gasteiger partial charge in [0.2, 0.25) is 11.1 Å². The van der Waals surface area contributed by atoms with Crippen LogP contribution in [0.4, 0.5) is 5.69 Å². The number of hydrogen-bond donors (Lipinski definition) is 1. The Balaban J connectivity index is 2.00. The lowest BCUT2D eigenvalue weighted by molar-refractivity contribution is -0.763. The lowest BCUT2D eigenvalue weighted by Crippen LogP contribution is -2.60. The average Bonchev–Trinajstić information content (AvgIpc) is 2.82. The summed E-state index contributed by atoms with van der Waals surface area (Å²) in [6, 6.07) is 11.6. The van der Waals surface area contributed by atoms with Gasteiger partial charge in [0.15, 0.2) is 0 Å². The molecule has 0 spiro atoms. The molecule has 1 aliphatic rings. The van der Waals surface area contributed by atoms with Crippen molar-refractivity contribution < 1.29 is 28.5 Å². The van der Waals surface area contributed by atoms with Crippen molar-refractivity contribution in [3.63, 3.8) is 0 Å². The lowest BCUT2D eigenvalue weighted by Gasteiger charge is -2.31. The highest BCUT2D eigenvalue weighted by Crippen LogP contribution is 2.40. The van der Waals surface area contributed by atoms with Gasteiger partial charge in [-0.15, -0.1) is 0 Å². The van der Waals surface area contributed by atoms with E-state index in [1.807, 2.05) is 0 Å². The Morgan fingerprint density at radius 3 is 2.49 bits per heavy atom. The molecule has 1 aliphatic heterocycles. The minimum atomic E-state index is -0.962. The quantitative estimate of drug-likeness (QED) is 0.164. The number of aromatic amines is 1. The minimum absolute atomic E-state index is 0.0719. The second-order valence-corrected chi connectivity index (χ2v) is 9.50. The first-order valence-electron chi connectivity index (χ1n) is 11.8. The van der Waals surface area contributed by atoms with Gasteiger partial charge in [0.05, 0.1) is 16.8 Å². The molecule has 192 valence electrons. The SMILES string of the molecule is CCCCSc1n[n+]2c(c(=O)[nH]1)-c1ccccc1N(C(C)=O)[C@@H]2c1ccc(OC(C)=O)cc1OC(C)=O. The second kappa shape index (κ2) is 11.0. The Kier molecular flexibility index (Phi) is 7.72. The summed E-state index contributed by atoms with van der Waals surface area (Å²) in [5.41, 5.74) is 1.33. The Bertz CT molecular complexity index is 1440. The zero-order chi connectivity index (χ0) is 26.7. The van der Waals surface area contributed by atoms with Gasteiger partial charge in [-0.25, -0.2) is 4.90 Å². The summed E-state index contributed by atoms with van der Waals surface area (Å²) in [5.74, 6) is -0.463. The van der Waals surface area contributed by atoms with Crippen LogP contribution in [0.3, 0.4) is 0 Å². The number of benzene rings is 2. The third-order valence-electron chi connectivity index (χ3n) is 5.61. The van der Waals surface area contributed by atoms with Gasteiger partial charge in [-0.05, 0) is 35.4 Å². The Morgan fingerprint density at radius 1 is 1.08 bits per heavy atom. The number of aromatic nitrogens is 3. The molecular weight excluding hydrogens is 496 g/mol. The number of nitrogens with zero attached hydrogens (tertiary/aromatic N) is 3. The number of ether oxygens (including phenoxy) is 2. The third kappa shape index (κ3) is 5.41. The van der Waals surface area contributed by atoms with Crippen LogP contribution in [0.25, 0.3) is 11.3 Å². The van der Waals surface area contributed by atoms with E-state index in [1.165, 1.54) is 54.2 Å². The predicted octanol–water partition coefficient (Wildman–Crippen LogP) is 3.38. The van der Waals surface area contributed by atoms with Crippen LogP contribution in [-0.4, -0.2) is 33.7 Å². The number of thioether (sulfide) groups is 1. The number of esters is 2. The maximum absolute atomic E-state index is 13.4. The Morgan fingerprint density at radius 2 is 1.81 bits per heavy atom. The number of unbranched alkanes of at least 4 members (excludes halogenated alkanes) is 1. The summed E-state index contributed by atoms with van der Waals surface area (Å²) in [4.78, 5) is 54.4. The summed E-state index contributed by atoms with van der Waals surface area (Å²) in [6.45, 7) is 5.99. The molecule has 10 nitrogen and oxygen atoms in total. The van der Waals surface area contributed by atoms with Gasteiger partial charge in [-0.1, -0.05) is 37.2 Å². The summed E-state index contributed by atoms with van der Waals surface area (Å²) in [5, 5.41) is 5.13. The number of para-hydroxylation sites is 1. The first-order valence-corrected chi connectivity index (χ1v) is 12.8. The maximum atomic E-state index is 13.4. The number of amides is 1. The second-order valence-electron chi connectivity index (χ2n) is 8.42. The molecule has 2 heterocycles. The van der Waals surface area contributed by atoms with Crippen LogP contribution < -0.4 is 24.6 Å². The van der Waals surface area contributed by atoms with Crippen LogP contribution in [0, 0.1) is 0 Å². The van der Waals surface area contributed by atoms with Gasteiger partial charge >= 0.3 is 23.2 Å². The molecule has 0 unspecified atom stereocenters. The van der Waals surface area contributed by atoms with E-state index in [0.29, 0.717) is 22.0 Å². The number of carbonyl (C=O) groups is 3. The van der Waals surface area contributed by atoms with Crippen molar-refractivity contribution in [2.24, 2.45) is 0 Å². The summed E-state index contributed by atoms with van der Waals surface area (Å²) in [7, 11) is 0. The van der Waals surface area contributed by atoms with Crippen molar-refractivity contribution in [1.29, 1.82) is 0 Å². The van der Waals surface area contributed by atoms with Gasteiger partial charge in [0, 0.05) is 37.7 Å². The third-order valence-corrected chi connectivity index (χ3v) is 6.56. The van der Waals surface area contributed by atoms with Crippen LogP contribution in [0.2, 0.25) is 0 Å². The molecule has 0 aliphatic carbocycles. The fourth-order valence-corrected chi connectivity index (χ4v) is 5.11. The van der Waals surface area contributed by atoms with E-state index in [9.17, 15) is 19.2 Å². The van der Waals surface area contributed by atoms with Crippen LogP contribution in [0.1, 0.15) is 52.3 Å². The first kappa shape index (κ1) is 26.1. The van der Waals surface area contributed by atoms with Crippen molar-refractivity contribution in [2.75, 3.05) is 10.7 Å². The number of rotatable bonds is 7. The largest absolute Gasteiger partial charge is 0.427 e. The molecule has 0 saturated carbocycles. The van der Waals surface area contributed by atoms with Crippen molar-refractivity contribution in [2.45, 2.75) is 51.9 Å². The van der Waals surface area contributed by atoms with Crippen molar-refractivity contribution in [3.8, 4) is 22.8 Å². The van der Waals surface area contributed by atoms with Crippen LogP contribution in [0.5, 0.6) is 11.5 Å². The topological polar surface area (TPSA) is 123 Å². The predicted molar refractivity (Wildman–Crippen MR) is 136 cm³/mol. The Hall–Kier alpha value is -3.99. The van der Waals surface area contributed by atoms with Crippen LogP contribution in [-0.2, 0) is 14.4 Å². The van der Waals surface area contributed by atoms with Crippen molar-refractivity contribution >= 4 is 35.3 Å². The zero-order valence-electron chi connectivity index (χ0n) is 20.9. The highest BCUT2D eigenvalue weighted by Gasteiger charge is 2.46. The molecule has 3 aromatic rings. The smallest absolute Gasteiger partial charge is 0.325 e. The molecule has 4 rings (SSSR count). The number of H-pyrrole nitrogens is 1. The average molecular weight is 524 g/mol. The maximum Gasteiger partial charge on any atom is 0.325 e. The standard InChI is InChI=1S/C26H26N4O6S/c1-5-6-13-37-26-27-24(34)23-19-9-7-8-10-21(19)29(15(2)31)25(30(23)28-26)20-12-11-18(35-16(3)32)14-22(20)36-17(4)33/h7-12,14,25H,5-6,13H2,1-4H3/p+1/t25-/m0/s1. The molecule has 0 fully saturated rings. The summed E-state index contributed by atoms with van der Waals surface area (Å²) < 4.78 is 12.2. The molecule has 37 heavy (non-hydrogen) atoms.